The number of aliphatic hydroxyl groups excluding tert-OH is 1. The van der Waals surface area contributed by atoms with Crippen LogP contribution in [0.1, 0.15) is 22.3 Å². The second-order valence-corrected chi connectivity index (χ2v) is 5.54. The number of carbonyl (C=O) groups excluding carboxylic acids is 1. The number of carboxylic acids is 1. The summed E-state index contributed by atoms with van der Waals surface area (Å²) in [5, 5.41) is 18.7. The number of nitrogens with zero attached hydrogens (tertiary/aromatic N) is 1. The van der Waals surface area contributed by atoms with Gasteiger partial charge in [-0.05, 0) is 40.5 Å². The molecule has 0 bridgehead atoms. The average molecular weight is 328 g/mol. The number of likely N-dealkylation sites (tertiary alicyclic amines) is 1. The van der Waals surface area contributed by atoms with Crippen molar-refractivity contribution in [2.24, 2.45) is 0 Å². The number of aliphatic hydroxyl groups is 1. The van der Waals surface area contributed by atoms with Crippen molar-refractivity contribution < 1.29 is 19.8 Å². The lowest BCUT2D eigenvalue weighted by Gasteiger charge is -2.21. The predicted octanol–water partition coefficient (Wildman–Crippen LogP) is 1.42. The van der Waals surface area contributed by atoms with E-state index in [0.717, 1.165) is 5.56 Å². The summed E-state index contributed by atoms with van der Waals surface area (Å²) >= 11 is 3.31. The van der Waals surface area contributed by atoms with E-state index in [9.17, 15) is 14.7 Å². The summed E-state index contributed by atoms with van der Waals surface area (Å²) in [5.41, 5.74) is 1.41. The lowest BCUT2D eigenvalue weighted by molar-refractivity contribution is -0.141. The van der Waals surface area contributed by atoms with Gasteiger partial charge in [0, 0.05) is 17.4 Å². The minimum Gasteiger partial charge on any atom is -0.480 e. The highest BCUT2D eigenvalue weighted by atomic mass is 79.9. The third-order valence-corrected chi connectivity index (χ3v) is 3.84. The van der Waals surface area contributed by atoms with Crippen molar-refractivity contribution in [3.63, 3.8) is 0 Å². The van der Waals surface area contributed by atoms with Crippen LogP contribution in [0.4, 0.5) is 0 Å². The van der Waals surface area contributed by atoms with E-state index in [-0.39, 0.29) is 18.9 Å². The molecule has 2 rings (SSSR count). The smallest absolute Gasteiger partial charge is 0.326 e. The Hall–Kier alpha value is -1.40. The van der Waals surface area contributed by atoms with Crippen molar-refractivity contribution in [3.05, 3.63) is 33.8 Å². The first-order chi connectivity index (χ1) is 8.90. The third kappa shape index (κ3) is 2.79. The van der Waals surface area contributed by atoms with Gasteiger partial charge in [-0.2, -0.15) is 0 Å². The number of benzene rings is 1. The first kappa shape index (κ1) is 14.0. The molecule has 6 heteroatoms. The molecule has 1 aromatic rings. The topological polar surface area (TPSA) is 77.8 Å². The Labute approximate surface area is 119 Å². The van der Waals surface area contributed by atoms with Gasteiger partial charge in [-0.15, -0.1) is 0 Å². The summed E-state index contributed by atoms with van der Waals surface area (Å²) in [6.07, 6.45) is -0.709. The predicted molar refractivity (Wildman–Crippen MR) is 72.0 cm³/mol. The van der Waals surface area contributed by atoms with Crippen molar-refractivity contribution in [3.8, 4) is 0 Å². The summed E-state index contributed by atoms with van der Waals surface area (Å²) in [7, 11) is 0. The van der Waals surface area contributed by atoms with Crippen LogP contribution in [0.3, 0.4) is 0 Å². The molecule has 0 aliphatic carbocycles. The van der Waals surface area contributed by atoms with Crippen LogP contribution in [0.15, 0.2) is 22.7 Å². The van der Waals surface area contributed by atoms with Crippen molar-refractivity contribution in [2.45, 2.75) is 25.5 Å². The fraction of sp³-hybridized carbons (Fsp3) is 0.385. The van der Waals surface area contributed by atoms with Gasteiger partial charge in [0.15, 0.2) is 0 Å². The number of aryl methyl sites for hydroxylation is 1. The van der Waals surface area contributed by atoms with Crippen molar-refractivity contribution >= 4 is 27.8 Å². The summed E-state index contributed by atoms with van der Waals surface area (Å²) in [5.74, 6) is -1.47. The number of rotatable bonds is 2. The molecule has 19 heavy (non-hydrogen) atoms. The summed E-state index contributed by atoms with van der Waals surface area (Å²) in [4.78, 5) is 24.7. The highest BCUT2D eigenvalue weighted by Crippen LogP contribution is 2.25. The first-order valence-electron chi connectivity index (χ1n) is 5.88. The van der Waals surface area contributed by atoms with E-state index < -0.39 is 18.1 Å². The maximum Gasteiger partial charge on any atom is 0.326 e. The molecular formula is C13H14BrNO4. The van der Waals surface area contributed by atoms with Gasteiger partial charge in [-0.1, -0.05) is 6.07 Å². The number of amides is 1. The highest BCUT2D eigenvalue weighted by Gasteiger charge is 2.39. The standard InChI is InChI=1S/C13H14BrNO4/c1-7-2-3-9(10(14)4-7)12(17)15-6-8(16)5-11(15)13(18)19/h2-4,8,11,16H,5-6H2,1H3,(H,18,19)/t8?,11-/m0/s1. The molecule has 2 N–H and O–H groups in total. The first-order valence-corrected chi connectivity index (χ1v) is 6.67. The van der Waals surface area contributed by atoms with Crippen molar-refractivity contribution in [2.75, 3.05) is 6.54 Å². The molecule has 1 amide bonds. The molecule has 1 fully saturated rings. The van der Waals surface area contributed by atoms with E-state index in [2.05, 4.69) is 15.9 Å². The van der Waals surface area contributed by atoms with Crippen LogP contribution in [0.5, 0.6) is 0 Å². The molecule has 5 nitrogen and oxygen atoms in total. The minimum atomic E-state index is -1.09. The van der Waals surface area contributed by atoms with E-state index in [1.165, 1.54) is 4.90 Å². The fourth-order valence-corrected chi connectivity index (χ4v) is 2.88. The molecule has 1 aromatic carbocycles. The molecule has 0 spiro atoms. The average Bonchev–Trinajstić information content (AvgIpc) is 2.70. The van der Waals surface area contributed by atoms with E-state index >= 15 is 0 Å². The number of hydrogen-bond acceptors (Lipinski definition) is 3. The van der Waals surface area contributed by atoms with Crippen LogP contribution in [0.2, 0.25) is 0 Å². The van der Waals surface area contributed by atoms with Gasteiger partial charge >= 0.3 is 5.97 Å². The van der Waals surface area contributed by atoms with Gasteiger partial charge in [0.2, 0.25) is 0 Å². The summed E-state index contributed by atoms with van der Waals surface area (Å²) in [6, 6.07) is 4.29. The van der Waals surface area contributed by atoms with Crippen LogP contribution in [0.25, 0.3) is 0 Å². The van der Waals surface area contributed by atoms with Gasteiger partial charge in [-0.3, -0.25) is 4.79 Å². The minimum absolute atomic E-state index is 0.0517. The SMILES string of the molecule is Cc1ccc(C(=O)N2CC(O)C[C@H]2C(=O)O)c(Br)c1. The zero-order valence-corrected chi connectivity index (χ0v) is 11.9. The molecule has 1 heterocycles. The zero-order valence-electron chi connectivity index (χ0n) is 10.3. The molecule has 0 saturated carbocycles. The number of halogens is 1. The Kier molecular flexibility index (Phi) is 3.91. The van der Waals surface area contributed by atoms with Crippen molar-refractivity contribution in [1.29, 1.82) is 0 Å². The van der Waals surface area contributed by atoms with Crippen LogP contribution in [-0.4, -0.2) is 45.7 Å². The number of carbonyl (C=O) groups is 2. The lowest BCUT2D eigenvalue weighted by Crippen LogP contribution is -2.40. The normalized spacial score (nSPS) is 22.6. The number of β-amino-alcohol motifs (C(OH)–C–C–N with tert-alkyl or cyclic N) is 1. The van der Waals surface area contributed by atoms with Gasteiger partial charge < -0.3 is 15.1 Å². The highest BCUT2D eigenvalue weighted by molar-refractivity contribution is 9.10. The van der Waals surface area contributed by atoms with Crippen molar-refractivity contribution in [1.82, 2.24) is 4.90 Å². The zero-order chi connectivity index (χ0) is 14.2. The van der Waals surface area contributed by atoms with E-state index in [1.807, 2.05) is 6.92 Å². The molecule has 2 atom stereocenters. The maximum absolute atomic E-state index is 12.4. The Morgan fingerprint density at radius 1 is 1.42 bits per heavy atom. The second kappa shape index (κ2) is 5.30. The van der Waals surface area contributed by atoms with E-state index in [1.54, 1.807) is 18.2 Å². The van der Waals surface area contributed by atoms with E-state index in [0.29, 0.717) is 10.0 Å². The van der Waals surface area contributed by atoms with Gasteiger partial charge in [0.1, 0.15) is 6.04 Å². The quantitative estimate of drug-likeness (QED) is 0.861. The van der Waals surface area contributed by atoms with Gasteiger partial charge in [-0.25, -0.2) is 4.79 Å². The molecule has 0 radical (unpaired) electrons. The molecular weight excluding hydrogens is 314 g/mol. The second-order valence-electron chi connectivity index (χ2n) is 4.68. The summed E-state index contributed by atoms with van der Waals surface area (Å²) < 4.78 is 0.628. The molecule has 1 aliphatic heterocycles. The number of hydrogen-bond donors (Lipinski definition) is 2. The Bertz CT molecular complexity index is 531. The van der Waals surface area contributed by atoms with Gasteiger partial charge in [0.05, 0.1) is 11.7 Å². The third-order valence-electron chi connectivity index (χ3n) is 3.18. The molecule has 1 saturated heterocycles. The Balaban J connectivity index is 2.30. The maximum atomic E-state index is 12.4. The number of aliphatic carboxylic acids is 1. The molecule has 0 aromatic heterocycles. The van der Waals surface area contributed by atoms with Gasteiger partial charge in [0.25, 0.3) is 5.91 Å². The lowest BCUT2D eigenvalue weighted by atomic mass is 10.1. The van der Waals surface area contributed by atoms with Crippen LogP contribution in [-0.2, 0) is 4.79 Å². The molecule has 102 valence electrons. The monoisotopic (exact) mass is 327 g/mol. The molecule has 1 aliphatic rings. The number of carboxylic acid groups (broad SMARTS) is 1. The largest absolute Gasteiger partial charge is 0.480 e. The van der Waals surface area contributed by atoms with Crippen LogP contribution >= 0.6 is 15.9 Å². The fourth-order valence-electron chi connectivity index (χ4n) is 2.22. The Morgan fingerprint density at radius 3 is 2.68 bits per heavy atom. The Morgan fingerprint density at radius 2 is 2.11 bits per heavy atom. The van der Waals surface area contributed by atoms with E-state index in [4.69, 9.17) is 5.11 Å². The molecule has 1 unspecified atom stereocenters. The van der Waals surface area contributed by atoms with Crippen LogP contribution < -0.4 is 0 Å². The summed E-state index contributed by atoms with van der Waals surface area (Å²) in [6.45, 7) is 1.95. The van der Waals surface area contributed by atoms with Crippen LogP contribution in [0, 0.1) is 6.92 Å².